The monoisotopic (exact) mass is 275 g/mol. The number of nitrogens with zero attached hydrogens (tertiary/aromatic N) is 1. The first-order valence-corrected chi connectivity index (χ1v) is 5.45. The predicted molar refractivity (Wildman–Crippen MR) is 58.0 cm³/mol. The second-order valence-corrected chi connectivity index (χ2v) is 4.14. The lowest BCUT2D eigenvalue weighted by Gasteiger charge is -2.19. The van der Waals surface area contributed by atoms with Crippen molar-refractivity contribution in [2.75, 3.05) is 11.6 Å². The van der Waals surface area contributed by atoms with Crippen molar-refractivity contribution in [3.8, 4) is 0 Å². The van der Waals surface area contributed by atoms with E-state index in [4.69, 9.17) is 0 Å². The number of halogens is 4. The summed E-state index contributed by atoms with van der Waals surface area (Å²) in [5.74, 6) is -2.93. The van der Waals surface area contributed by atoms with E-state index in [9.17, 15) is 27.2 Å². The Hall–Kier alpha value is -1.92. The zero-order valence-corrected chi connectivity index (χ0v) is 9.58. The van der Waals surface area contributed by atoms with Gasteiger partial charge in [-0.2, -0.15) is 13.2 Å². The summed E-state index contributed by atoms with van der Waals surface area (Å²) in [5, 5.41) is 0. The number of anilines is 1. The first kappa shape index (κ1) is 13.5. The van der Waals surface area contributed by atoms with E-state index in [1.165, 1.54) is 6.07 Å². The lowest BCUT2D eigenvalue weighted by atomic mass is 10.1. The molecule has 1 heterocycles. The number of imide groups is 1. The molecule has 1 aliphatic heterocycles. The molecule has 0 aliphatic carbocycles. The van der Waals surface area contributed by atoms with Crippen molar-refractivity contribution >= 4 is 17.5 Å². The quantitative estimate of drug-likeness (QED) is 0.614. The summed E-state index contributed by atoms with van der Waals surface area (Å²) in [5.41, 5.74) is -1.63. The summed E-state index contributed by atoms with van der Waals surface area (Å²) >= 11 is 0. The summed E-state index contributed by atoms with van der Waals surface area (Å²) < 4.78 is 51.0. The van der Waals surface area contributed by atoms with Gasteiger partial charge in [-0.25, -0.2) is 4.90 Å². The van der Waals surface area contributed by atoms with Crippen molar-refractivity contribution in [1.29, 1.82) is 0 Å². The molecule has 2 amide bonds. The number of benzene rings is 1. The van der Waals surface area contributed by atoms with Gasteiger partial charge in [-0.3, -0.25) is 14.0 Å². The van der Waals surface area contributed by atoms with Crippen LogP contribution in [0.15, 0.2) is 24.3 Å². The average molecular weight is 275 g/mol. The summed E-state index contributed by atoms with van der Waals surface area (Å²) in [6.07, 6.45) is -5.09. The van der Waals surface area contributed by atoms with E-state index in [1.54, 1.807) is 0 Å². The number of alkyl halides is 4. The number of amides is 2. The van der Waals surface area contributed by atoms with Crippen molar-refractivity contribution in [3.05, 3.63) is 29.8 Å². The van der Waals surface area contributed by atoms with E-state index in [1.807, 2.05) is 0 Å². The Labute approximate surface area is 105 Å². The van der Waals surface area contributed by atoms with Crippen LogP contribution in [0.5, 0.6) is 0 Å². The minimum absolute atomic E-state index is 0.401. The van der Waals surface area contributed by atoms with Crippen LogP contribution in [0.2, 0.25) is 0 Å². The van der Waals surface area contributed by atoms with Crippen LogP contribution in [0, 0.1) is 5.92 Å². The number of hydrogen-bond donors (Lipinski definition) is 0. The molecule has 1 aromatic carbocycles. The molecule has 0 radical (unpaired) electrons. The average Bonchev–Trinajstić information content (AvgIpc) is 2.63. The Bertz CT molecular complexity index is 527. The number of hydrogen-bond acceptors (Lipinski definition) is 2. The molecule has 0 spiro atoms. The summed E-state index contributed by atoms with van der Waals surface area (Å²) in [6, 6.07) is 4.25. The van der Waals surface area contributed by atoms with Gasteiger partial charge in [0.05, 0.1) is 17.2 Å². The molecule has 1 saturated heterocycles. The van der Waals surface area contributed by atoms with Gasteiger partial charge in [-0.1, -0.05) is 12.1 Å². The largest absolute Gasteiger partial charge is 0.418 e. The molecular formula is C12H9F4NO2. The highest BCUT2D eigenvalue weighted by Crippen LogP contribution is 2.38. The Morgan fingerprint density at radius 3 is 2.37 bits per heavy atom. The molecule has 0 saturated carbocycles. The van der Waals surface area contributed by atoms with Crippen LogP contribution >= 0.6 is 0 Å². The third-order valence-corrected chi connectivity index (χ3v) is 2.88. The highest BCUT2D eigenvalue weighted by molar-refractivity contribution is 6.21. The number of rotatable bonds is 2. The fourth-order valence-corrected chi connectivity index (χ4v) is 1.98. The first-order valence-electron chi connectivity index (χ1n) is 5.45. The van der Waals surface area contributed by atoms with E-state index in [2.05, 4.69) is 0 Å². The maximum Gasteiger partial charge on any atom is 0.418 e. The number of carbonyl (C=O) groups is 2. The van der Waals surface area contributed by atoms with E-state index in [0.29, 0.717) is 4.90 Å². The summed E-state index contributed by atoms with van der Waals surface area (Å²) in [7, 11) is 0. The number of para-hydroxylation sites is 1. The molecule has 0 N–H and O–H groups in total. The van der Waals surface area contributed by atoms with Gasteiger partial charge >= 0.3 is 6.18 Å². The smallest absolute Gasteiger partial charge is 0.274 e. The molecule has 7 heteroatoms. The standard InChI is InChI=1S/C12H9F4NO2/c13-6-7-5-10(18)17(11(7)19)9-4-2-1-3-8(9)12(14,15)16/h1-4,7H,5-6H2. The molecule has 0 bridgehead atoms. The van der Waals surface area contributed by atoms with Crippen LogP contribution in [-0.2, 0) is 15.8 Å². The normalized spacial score (nSPS) is 20.2. The van der Waals surface area contributed by atoms with Gasteiger partial charge in [0, 0.05) is 6.42 Å². The van der Waals surface area contributed by atoms with Crippen molar-refractivity contribution in [2.24, 2.45) is 5.92 Å². The zero-order valence-electron chi connectivity index (χ0n) is 9.58. The Kier molecular flexibility index (Phi) is 3.30. The topological polar surface area (TPSA) is 37.4 Å². The van der Waals surface area contributed by atoms with Crippen LogP contribution in [0.4, 0.5) is 23.2 Å². The minimum atomic E-state index is -4.69. The molecule has 1 atom stereocenters. The second kappa shape index (κ2) is 4.64. The van der Waals surface area contributed by atoms with Crippen molar-refractivity contribution in [3.63, 3.8) is 0 Å². The third-order valence-electron chi connectivity index (χ3n) is 2.88. The molecule has 2 rings (SSSR count). The SMILES string of the molecule is O=C1CC(CF)C(=O)N1c1ccccc1C(F)(F)F. The minimum Gasteiger partial charge on any atom is -0.274 e. The highest BCUT2D eigenvalue weighted by Gasteiger charge is 2.43. The molecule has 1 unspecified atom stereocenters. The molecule has 19 heavy (non-hydrogen) atoms. The van der Waals surface area contributed by atoms with E-state index in [0.717, 1.165) is 18.2 Å². The maximum absolute atomic E-state index is 12.8. The molecular weight excluding hydrogens is 266 g/mol. The van der Waals surface area contributed by atoms with Crippen LogP contribution < -0.4 is 4.90 Å². The van der Waals surface area contributed by atoms with Gasteiger partial charge in [-0.15, -0.1) is 0 Å². The van der Waals surface area contributed by atoms with E-state index >= 15 is 0 Å². The van der Waals surface area contributed by atoms with Crippen LogP contribution in [0.3, 0.4) is 0 Å². The first-order chi connectivity index (χ1) is 8.86. The van der Waals surface area contributed by atoms with Crippen LogP contribution in [0.25, 0.3) is 0 Å². The van der Waals surface area contributed by atoms with Crippen molar-refractivity contribution in [2.45, 2.75) is 12.6 Å². The fourth-order valence-electron chi connectivity index (χ4n) is 1.98. The lowest BCUT2D eigenvalue weighted by Crippen LogP contribution is -2.32. The Balaban J connectivity index is 2.49. The summed E-state index contributed by atoms with van der Waals surface area (Å²) in [6.45, 7) is -1.06. The Morgan fingerprint density at radius 1 is 1.21 bits per heavy atom. The van der Waals surface area contributed by atoms with Crippen LogP contribution in [-0.4, -0.2) is 18.5 Å². The van der Waals surface area contributed by atoms with Crippen LogP contribution in [0.1, 0.15) is 12.0 Å². The molecule has 1 aliphatic rings. The molecule has 102 valence electrons. The van der Waals surface area contributed by atoms with E-state index in [-0.39, 0.29) is 0 Å². The van der Waals surface area contributed by atoms with Gasteiger partial charge in [0.25, 0.3) is 0 Å². The maximum atomic E-state index is 12.8. The van der Waals surface area contributed by atoms with Gasteiger partial charge < -0.3 is 0 Å². The predicted octanol–water partition coefficient (Wildman–Crippen LogP) is 2.55. The highest BCUT2D eigenvalue weighted by atomic mass is 19.4. The van der Waals surface area contributed by atoms with Crippen molar-refractivity contribution in [1.82, 2.24) is 0 Å². The molecule has 3 nitrogen and oxygen atoms in total. The molecule has 1 fully saturated rings. The van der Waals surface area contributed by atoms with Crippen molar-refractivity contribution < 1.29 is 27.2 Å². The van der Waals surface area contributed by atoms with Gasteiger partial charge in [0.1, 0.15) is 6.67 Å². The third kappa shape index (κ3) is 2.32. The Morgan fingerprint density at radius 2 is 1.84 bits per heavy atom. The zero-order chi connectivity index (χ0) is 14.2. The fraction of sp³-hybridized carbons (Fsp3) is 0.333. The molecule has 1 aromatic rings. The molecule has 0 aromatic heterocycles. The van der Waals surface area contributed by atoms with E-state index < -0.39 is 48.3 Å². The summed E-state index contributed by atoms with van der Waals surface area (Å²) in [4.78, 5) is 23.8. The van der Waals surface area contributed by atoms with Gasteiger partial charge in [0.15, 0.2) is 0 Å². The number of carbonyl (C=O) groups excluding carboxylic acids is 2. The lowest BCUT2D eigenvalue weighted by molar-refractivity contribution is -0.137. The van der Waals surface area contributed by atoms with Gasteiger partial charge in [0.2, 0.25) is 11.8 Å². The second-order valence-electron chi connectivity index (χ2n) is 4.14. The van der Waals surface area contributed by atoms with Gasteiger partial charge in [-0.05, 0) is 12.1 Å².